The van der Waals surface area contributed by atoms with Gasteiger partial charge in [-0.05, 0) is 19.3 Å². The Balaban J connectivity index is 1.57. The molecule has 2 heterocycles. The summed E-state index contributed by atoms with van der Waals surface area (Å²) in [5.41, 5.74) is 7.04. The van der Waals surface area contributed by atoms with Gasteiger partial charge in [0.15, 0.2) is 5.65 Å². The monoisotopic (exact) mass is 465 g/mol. The maximum absolute atomic E-state index is 9.85. The molecule has 0 aliphatic carbocycles. The molecule has 0 spiro atoms. The van der Waals surface area contributed by atoms with Gasteiger partial charge in [-0.25, -0.2) is 9.97 Å². The Hall–Kier alpha value is -1.81. The number of aromatic nitrogens is 4. The van der Waals surface area contributed by atoms with Gasteiger partial charge in [0.05, 0.1) is 25.2 Å². The molecule has 0 amide bonds. The van der Waals surface area contributed by atoms with Gasteiger partial charge in [-0.15, -0.1) is 0 Å². The first kappa shape index (κ1) is 27.4. The summed E-state index contributed by atoms with van der Waals surface area (Å²) in [6.07, 6.45) is 15.9. The summed E-state index contributed by atoms with van der Waals surface area (Å²) in [7, 11) is 1.76. The van der Waals surface area contributed by atoms with E-state index in [4.69, 9.17) is 15.2 Å². The number of hydrogen-bond donors (Lipinski definition) is 3. The predicted octanol–water partition coefficient (Wildman–Crippen LogP) is 3.33. The van der Waals surface area contributed by atoms with Gasteiger partial charge in [-0.2, -0.15) is 4.98 Å². The Morgan fingerprint density at radius 2 is 1.55 bits per heavy atom. The molecule has 2 atom stereocenters. The minimum Gasteiger partial charge on any atom is -0.396 e. The number of imidazole rings is 1. The summed E-state index contributed by atoms with van der Waals surface area (Å²) in [5, 5.41) is 19.6. The van der Waals surface area contributed by atoms with Crippen molar-refractivity contribution in [1.82, 2.24) is 19.5 Å². The first-order chi connectivity index (χ1) is 16.2. The van der Waals surface area contributed by atoms with Crippen molar-refractivity contribution in [1.29, 1.82) is 0 Å². The molecule has 4 N–H and O–H groups in total. The van der Waals surface area contributed by atoms with Crippen LogP contribution in [-0.4, -0.2) is 69.4 Å². The molecule has 2 unspecified atom stereocenters. The lowest BCUT2D eigenvalue weighted by molar-refractivity contribution is -0.0419. The highest BCUT2D eigenvalue weighted by Gasteiger charge is 2.21. The molecule has 0 aromatic carbocycles. The molecule has 0 radical (unpaired) electrons. The maximum Gasteiger partial charge on any atom is 0.222 e. The number of anilines is 1. The second kappa shape index (κ2) is 16.7. The van der Waals surface area contributed by atoms with Crippen LogP contribution in [-0.2, 0) is 16.0 Å². The first-order valence-corrected chi connectivity index (χ1v) is 12.4. The molecule has 0 aliphatic rings. The molecule has 0 saturated heterocycles. The van der Waals surface area contributed by atoms with Gasteiger partial charge in [0.25, 0.3) is 0 Å². The van der Waals surface area contributed by atoms with E-state index in [1.165, 1.54) is 51.4 Å². The zero-order chi connectivity index (χ0) is 23.7. The lowest BCUT2D eigenvalue weighted by atomic mass is 9.99. The van der Waals surface area contributed by atoms with E-state index >= 15 is 0 Å². The highest BCUT2D eigenvalue weighted by molar-refractivity contribution is 5.70. The zero-order valence-corrected chi connectivity index (χ0v) is 20.2. The Morgan fingerprint density at radius 3 is 2.15 bits per heavy atom. The van der Waals surface area contributed by atoms with Crippen LogP contribution in [0.1, 0.15) is 70.6 Å². The number of hydrogen-bond acceptors (Lipinski definition) is 8. The molecule has 0 saturated carbocycles. The normalized spacial score (nSPS) is 13.5. The van der Waals surface area contributed by atoms with Crippen LogP contribution in [0.3, 0.4) is 0 Å². The van der Waals surface area contributed by atoms with Crippen LogP contribution in [0.5, 0.6) is 0 Å². The standard InChI is InChI=1S/C24H43N5O4/c1-32-14-10-8-6-4-2-3-5-7-9-11-15-33-22(18-31)20(17-30)12-13-29-19-27-21-16-26-24(25)28-23(21)29/h16,19-20,22,30-31H,2-15,17-18H2,1H3,(H2,25,26,28). The van der Waals surface area contributed by atoms with Crippen LogP contribution < -0.4 is 5.73 Å². The molecule has 0 aliphatic heterocycles. The van der Waals surface area contributed by atoms with E-state index in [1.54, 1.807) is 19.6 Å². The minimum absolute atomic E-state index is 0.0412. The highest BCUT2D eigenvalue weighted by Crippen LogP contribution is 2.17. The van der Waals surface area contributed by atoms with Crippen LogP contribution in [0, 0.1) is 5.92 Å². The maximum atomic E-state index is 9.85. The Labute approximate surface area is 197 Å². The van der Waals surface area contributed by atoms with Gasteiger partial charge in [0.1, 0.15) is 5.52 Å². The molecule has 2 aromatic rings. The van der Waals surface area contributed by atoms with Crippen molar-refractivity contribution in [2.45, 2.75) is 83.3 Å². The molecule has 188 valence electrons. The fourth-order valence-corrected chi connectivity index (χ4v) is 4.07. The van der Waals surface area contributed by atoms with Crippen LogP contribution in [0.15, 0.2) is 12.5 Å². The highest BCUT2D eigenvalue weighted by atomic mass is 16.5. The van der Waals surface area contributed by atoms with E-state index in [2.05, 4.69) is 15.0 Å². The van der Waals surface area contributed by atoms with Gasteiger partial charge in [-0.1, -0.05) is 51.4 Å². The van der Waals surface area contributed by atoms with E-state index < -0.39 is 0 Å². The molecule has 9 heteroatoms. The summed E-state index contributed by atoms with van der Waals surface area (Å²) >= 11 is 0. The lowest BCUT2D eigenvalue weighted by Gasteiger charge is -2.24. The largest absolute Gasteiger partial charge is 0.396 e. The number of nitrogens with two attached hydrogens (primary N) is 1. The fourth-order valence-electron chi connectivity index (χ4n) is 4.07. The summed E-state index contributed by atoms with van der Waals surface area (Å²) in [6.45, 7) is 1.95. The topological polar surface area (TPSA) is 129 Å². The van der Waals surface area contributed by atoms with Gasteiger partial charge >= 0.3 is 0 Å². The van der Waals surface area contributed by atoms with Crippen molar-refractivity contribution in [3.8, 4) is 0 Å². The summed E-state index contributed by atoms with van der Waals surface area (Å²) in [4.78, 5) is 12.5. The van der Waals surface area contributed by atoms with Crippen molar-refractivity contribution in [3.63, 3.8) is 0 Å². The van der Waals surface area contributed by atoms with Crippen molar-refractivity contribution in [2.75, 3.05) is 39.3 Å². The molecule has 33 heavy (non-hydrogen) atoms. The number of nitrogen functional groups attached to an aromatic ring is 1. The Kier molecular flexibility index (Phi) is 13.9. The van der Waals surface area contributed by atoms with Crippen LogP contribution in [0.25, 0.3) is 11.2 Å². The van der Waals surface area contributed by atoms with E-state index in [0.717, 1.165) is 19.4 Å². The third-order valence-electron chi connectivity index (χ3n) is 6.13. The molecule has 9 nitrogen and oxygen atoms in total. The van der Waals surface area contributed by atoms with Gasteiger partial charge in [0, 0.05) is 39.4 Å². The minimum atomic E-state index is -0.373. The molecular weight excluding hydrogens is 422 g/mol. The second-order valence-electron chi connectivity index (χ2n) is 8.73. The molecular formula is C24H43N5O4. The van der Waals surface area contributed by atoms with Gasteiger partial charge in [-0.3, -0.25) is 0 Å². The Bertz CT molecular complexity index is 758. The third-order valence-corrected chi connectivity index (χ3v) is 6.13. The zero-order valence-electron chi connectivity index (χ0n) is 20.2. The van der Waals surface area contributed by atoms with Crippen molar-refractivity contribution >= 4 is 17.1 Å². The average molecular weight is 466 g/mol. The molecule has 2 aromatic heterocycles. The van der Waals surface area contributed by atoms with Crippen LogP contribution in [0.2, 0.25) is 0 Å². The number of ether oxygens (including phenoxy) is 2. The molecule has 0 fully saturated rings. The quantitative estimate of drug-likeness (QED) is 0.254. The molecule has 2 rings (SSSR count). The van der Waals surface area contributed by atoms with Crippen LogP contribution >= 0.6 is 0 Å². The number of unbranched alkanes of at least 4 members (excludes halogenated alkanes) is 9. The van der Waals surface area contributed by atoms with E-state index in [9.17, 15) is 10.2 Å². The third kappa shape index (κ3) is 10.3. The lowest BCUT2D eigenvalue weighted by Crippen LogP contribution is -2.31. The SMILES string of the molecule is COCCCCCCCCCCCCOC(CO)C(CO)CCn1cnc2cnc(N)nc21. The van der Waals surface area contributed by atoms with Gasteiger partial charge < -0.3 is 30.0 Å². The number of nitrogens with zero attached hydrogens (tertiary/aromatic N) is 4. The Morgan fingerprint density at radius 1 is 0.909 bits per heavy atom. The molecule has 0 bridgehead atoms. The second-order valence-corrected chi connectivity index (χ2v) is 8.73. The smallest absolute Gasteiger partial charge is 0.222 e. The van der Waals surface area contributed by atoms with E-state index in [0.29, 0.717) is 30.7 Å². The number of methoxy groups -OCH3 is 1. The average Bonchev–Trinajstić information content (AvgIpc) is 3.22. The number of aliphatic hydroxyl groups is 2. The summed E-state index contributed by atoms with van der Waals surface area (Å²) in [6, 6.07) is 0. The van der Waals surface area contributed by atoms with Gasteiger partial charge in [0.2, 0.25) is 5.95 Å². The van der Waals surface area contributed by atoms with E-state index in [1.807, 2.05) is 4.57 Å². The number of fused-ring (bicyclic) bond motifs is 1. The van der Waals surface area contributed by atoms with Crippen molar-refractivity contribution in [3.05, 3.63) is 12.5 Å². The fraction of sp³-hybridized carbons (Fsp3) is 0.792. The first-order valence-electron chi connectivity index (χ1n) is 12.4. The van der Waals surface area contributed by atoms with Crippen molar-refractivity contribution < 1.29 is 19.7 Å². The van der Waals surface area contributed by atoms with Crippen LogP contribution in [0.4, 0.5) is 5.95 Å². The van der Waals surface area contributed by atoms with Crippen molar-refractivity contribution in [2.24, 2.45) is 5.92 Å². The number of aliphatic hydroxyl groups excluding tert-OH is 2. The van der Waals surface area contributed by atoms with E-state index in [-0.39, 0.29) is 31.2 Å². The number of aryl methyl sites for hydroxylation is 1. The number of rotatable bonds is 20. The predicted molar refractivity (Wildman–Crippen MR) is 130 cm³/mol. The summed E-state index contributed by atoms with van der Waals surface area (Å²) < 4.78 is 12.9. The summed E-state index contributed by atoms with van der Waals surface area (Å²) in [5.74, 6) is 0.0491.